The van der Waals surface area contributed by atoms with Gasteiger partial charge in [-0.2, -0.15) is 5.26 Å². The van der Waals surface area contributed by atoms with Gasteiger partial charge in [0.15, 0.2) is 5.76 Å². The number of hydrogen-bond acceptors (Lipinski definition) is 9. The first-order valence-corrected chi connectivity index (χ1v) is 16.4. The molecule has 250 valence electrons. The van der Waals surface area contributed by atoms with Crippen molar-refractivity contribution in [2.75, 3.05) is 37.6 Å². The zero-order chi connectivity index (χ0) is 34.1. The van der Waals surface area contributed by atoms with Crippen LogP contribution in [0, 0.1) is 28.1 Å². The number of pyridine rings is 1. The predicted molar refractivity (Wildman–Crippen MR) is 178 cm³/mol. The Morgan fingerprint density at radius 3 is 2.40 bits per heavy atom. The molecule has 0 bridgehead atoms. The van der Waals surface area contributed by atoms with Gasteiger partial charge in [-0.15, -0.1) is 0 Å². The number of nitrogens with one attached hydrogen (secondary N) is 1. The summed E-state index contributed by atoms with van der Waals surface area (Å²) >= 11 is 6.22. The van der Waals surface area contributed by atoms with Gasteiger partial charge in [0.05, 0.1) is 21.8 Å². The van der Waals surface area contributed by atoms with Gasteiger partial charge in [0.25, 0.3) is 5.91 Å². The molecule has 12 heteroatoms. The third-order valence-electron chi connectivity index (χ3n) is 9.64. The number of carbonyl (C=O) groups excluding carboxylic acids is 1. The second-order valence-electron chi connectivity index (χ2n) is 14.1. The van der Waals surface area contributed by atoms with E-state index in [1.807, 2.05) is 26.0 Å². The molecule has 1 aliphatic heterocycles. The molecule has 2 aliphatic rings. The molecule has 0 spiro atoms. The first-order chi connectivity index (χ1) is 22.2. The summed E-state index contributed by atoms with van der Waals surface area (Å²) in [6.07, 6.45) is 2.12. The highest BCUT2D eigenvalue weighted by atomic mass is 35.5. The molecule has 5 rings (SSSR count). The summed E-state index contributed by atoms with van der Waals surface area (Å²) in [5.41, 5.74) is 0.928. The monoisotopic (exact) mass is 662 g/mol. The zero-order valence-corrected chi connectivity index (χ0v) is 28.5. The molecule has 3 aromatic rings. The van der Waals surface area contributed by atoms with E-state index in [2.05, 4.69) is 59.0 Å². The van der Waals surface area contributed by atoms with Crippen LogP contribution in [0.5, 0.6) is 5.75 Å². The molecule has 11 nitrogen and oxygen atoms in total. The van der Waals surface area contributed by atoms with Crippen molar-refractivity contribution in [3.8, 4) is 11.8 Å². The number of hydrogen-bond donors (Lipinski definition) is 2. The van der Waals surface area contributed by atoms with E-state index in [4.69, 9.17) is 26.1 Å². The number of aromatic nitrogens is 2. The van der Waals surface area contributed by atoms with Crippen molar-refractivity contribution < 1.29 is 24.0 Å². The summed E-state index contributed by atoms with van der Waals surface area (Å²) < 4.78 is 11.7. The number of carboxylic acids is 1. The Morgan fingerprint density at radius 2 is 1.83 bits per heavy atom. The number of anilines is 1. The van der Waals surface area contributed by atoms with Crippen molar-refractivity contribution in [3.05, 3.63) is 70.2 Å². The van der Waals surface area contributed by atoms with Crippen molar-refractivity contribution >= 4 is 29.3 Å². The molecule has 1 aliphatic carbocycles. The molecular weight excluding hydrogens is 620 g/mol. The van der Waals surface area contributed by atoms with Crippen LogP contribution >= 0.6 is 11.6 Å². The third kappa shape index (κ3) is 7.09. The van der Waals surface area contributed by atoms with Gasteiger partial charge < -0.3 is 24.6 Å². The van der Waals surface area contributed by atoms with E-state index in [1.165, 1.54) is 0 Å². The Morgan fingerprint density at radius 1 is 1.13 bits per heavy atom. The van der Waals surface area contributed by atoms with Crippen molar-refractivity contribution in [2.45, 2.75) is 66.0 Å². The standard InChI is InChI=1S/C35H43ClN6O5/c1-21(2)29(31(44)45)27-17-24(40-47-27)11-12-41-13-15-42(16-14-41)28-10-8-23(20-38-28)30(43)39-32-34(3,4)33(35(32,5)6)46-25-9-7-22(19-37)26(36)18-25/h7-10,17-18,20-21,29,32-33H,11-16H2,1-6H3,(H,39,43)(H,44,45)/t29?,32-,33-. The smallest absolute Gasteiger partial charge is 0.314 e. The summed E-state index contributed by atoms with van der Waals surface area (Å²) in [7, 11) is 0. The summed E-state index contributed by atoms with van der Waals surface area (Å²) in [4.78, 5) is 34.1. The van der Waals surface area contributed by atoms with Gasteiger partial charge in [-0.3, -0.25) is 14.5 Å². The number of rotatable bonds is 11. The number of amides is 1. The highest BCUT2D eigenvalue weighted by Gasteiger charge is 2.64. The SMILES string of the molecule is CC(C)C(C(=O)O)c1cc(CCN2CCN(c3ccc(C(=O)N[C@H]4C(C)(C)[C@H](Oc5ccc(C#N)c(Cl)c5)C4(C)C)cn3)CC2)no1. The topological polar surface area (TPSA) is 145 Å². The minimum atomic E-state index is -0.903. The molecule has 1 saturated carbocycles. The number of benzene rings is 1. The molecule has 1 saturated heterocycles. The molecular formula is C35H43ClN6O5. The molecule has 1 atom stereocenters. The fraction of sp³-hybridized carbons (Fsp3) is 0.514. The van der Waals surface area contributed by atoms with Crippen LogP contribution in [0.3, 0.4) is 0 Å². The van der Waals surface area contributed by atoms with Gasteiger partial charge in [-0.25, -0.2) is 4.98 Å². The number of carboxylic acid groups (broad SMARTS) is 1. The van der Waals surface area contributed by atoms with Gasteiger partial charge in [-0.1, -0.05) is 58.3 Å². The second-order valence-corrected chi connectivity index (χ2v) is 14.5. The summed E-state index contributed by atoms with van der Waals surface area (Å²) in [6, 6.07) is 12.4. The van der Waals surface area contributed by atoms with Crippen LogP contribution in [-0.2, 0) is 11.2 Å². The van der Waals surface area contributed by atoms with E-state index in [-0.39, 0.29) is 34.8 Å². The molecule has 1 aromatic carbocycles. The fourth-order valence-electron chi connectivity index (χ4n) is 7.32. The van der Waals surface area contributed by atoms with Crippen LogP contribution in [0.15, 0.2) is 47.1 Å². The van der Waals surface area contributed by atoms with Crippen LogP contribution in [0.4, 0.5) is 5.82 Å². The summed E-state index contributed by atoms with van der Waals surface area (Å²) in [5, 5.41) is 26.4. The number of aliphatic carboxylic acids is 1. The average molecular weight is 663 g/mol. The van der Waals surface area contributed by atoms with E-state index < -0.39 is 11.9 Å². The maximum absolute atomic E-state index is 13.3. The Balaban J connectivity index is 1.11. The zero-order valence-electron chi connectivity index (χ0n) is 27.8. The van der Waals surface area contributed by atoms with Crippen molar-refractivity contribution in [1.29, 1.82) is 5.26 Å². The number of halogens is 1. The highest BCUT2D eigenvalue weighted by molar-refractivity contribution is 6.31. The van der Waals surface area contributed by atoms with E-state index in [1.54, 1.807) is 30.5 Å². The minimum Gasteiger partial charge on any atom is -0.489 e. The van der Waals surface area contributed by atoms with Crippen LogP contribution in [-0.4, -0.2) is 76.9 Å². The third-order valence-corrected chi connectivity index (χ3v) is 9.95. The average Bonchev–Trinajstić information content (AvgIpc) is 3.49. The van der Waals surface area contributed by atoms with Crippen LogP contribution in [0.25, 0.3) is 0 Å². The molecule has 2 aromatic heterocycles. The molecule has 2 N–H and O–H groups in total. The fourth-order valence-corrected chi connectivity index (χ4v) is 7.53. The molecule has 47 heavy (non-hydrogen) atoms. The lowest BCUT2D eigenvalue weighted by Crippen LogP contribution is -2.74. The van der Waals surface area contributed by atoms with Gasteiger partial charge in [0.1, 0.15) is 29.7 Å². The lowest BCUT2D eigenvalue weighted by Gasteiger charge is -2.63. The van der Waals surface area contributed by atoms with E-state index >= 15 is 0 Å². The van der Waals surface area contributed by atoms with E-state index in [0.717, 1.165) is 44.2 Å². The highest BCUT2D eigenvalue weighted by Crippen LogP contribution is 2.55. The normalized spacial score (nSPS) is 21.0. The Hall–Kier alpha value is -4.14. The number of ether oxygens (including phenoxy) is 1. The van der Waals surface area contributed by atoms with E-state index in [0.29, 0.717) is 34.1 Å². The molecule has 3 heterocycles. The first kappa shape index (κ1) is 34.2. The Kier molecular flexibility index (Phi) is 9.85. The molecule has 2 fully saturated rings. The van der Waals surface area contributed by atoms with E-state index in [9.17, 15) is 14.7 Å². The van der Waals surface area contributed by atoms with Gasteiger partial charge in [0, 0.05) is 74.3 Å². The Bertz CT molecular complexity index is 1620. The van der Waals surface area contributed by atoms with Crippen molar-refractivity contribution in [3.63, 3.8) is 0 Å². The van der Waals surface area contributed by atoms with Crippen LogP contribution in [0.2, 0.25) is 5.02 Å². The maximum atomic E-state index is 13.3. The van der Waals surface area contributed by atoms with Gasteiger partial charge >= 0.3 is 5.97 Å². The lowest BCUT2D eigenvalue weighted by molar-refractivity contribution is -0.164. The lowest BCUT2D eigenvalue weighted by atomic mass is 9.49. The quantitative estimate of drug-likeness (QED) is 0.274. The summed E-state index contributed by atoms with van der Waals surface area (Å²) in [6.45, 7) is 16.1. The van der Waals surface area contributed by atoms with Crippen molar-refractivity contribution in [1.82, 2.24) is 20.4 Å². The number of nitriles is 1. The minimum absolute atomic E-state index is 0.0869. The Labute approximate surface area is 280 Å². The first-order valence-electron chi connectivity index (χ1n) is 16.0. The number of piperazine rings is 1. The number of carbonyl (C=O) groups is 2. The van der Waals surface area contributed by atoms with Crippen LogP contribution in [0.1, 0.15) is 74.8 Å². The molecule has 1 unspecified atom stereocenters. The second kappa shape index (κ2) is 13.5. The predicted octanol–water partition coefficient (Wildman–Crippen LogP) is 5.40. The van der Waals surface area contributed by atoms with Gasteiger partial charge in [0.2, 0.25) is 0 Å². The molecule has 1 amide bonds. The maximum Gasteiger partial charge on any atom is 0.314 e. The largest absolute Gasteiger partial charge is 0.489 e. The van der Waals surface area contributed by atoms with Crippen LogP contribution < -0.4 is 15.0 Å². The van der Waals surface area contributed by atoms with Gasteiger partial charge in [-0.05, 0) is 30.2 Å². The molecule has 0 radical (unpaired) electrons. The van der Waals surface area contributed by atoms with Crippen molar-refractivity contribution in [2.24, 2.45) is 16.7 Å². The number of nitrogens with zero attached hydrogens (tertiary/aromatic N) is 5. The summed E-state index contributed by atoms with van der Waals surface area (Å²) in [5.74, 6) is -0.0506.